The van der Waals surface area contributed by atoms with Gasteiger partial charge in [0.05, 0.1) is 19.3 Å². The van der Waals surface area contributed by atoms with Gasteiger partial charge < -0.3 is 14.2 Å². The maximum atomic E-state index is 12.5. The van der Waals surface area contributed by atoms with Crippen LogP contribution in [0.2, 0.25) is 0 Å². The predicted octanol–water partition coefficient (Wildman–Crippen LogP) is 3.24. The standard InChI is InChI=1S/C17H27NO4/c1-17(2,3)22-16(19)18-13-5-4-6-14(18)10-12(9-13)11-15-20-7-8-21-15/h9,13-15H,4-8,10-11H2,1-3H3. The Hall–Kier alpha value is -1.07. The van der Waals surface area contributed by atoms with Crippen molar-refractivity contribution in [2.24, 2.45) is 0 Å². The van der Waals surface area contributed by atoms with Gasteiger partial charge in [-0.05, 0) is 46.5 Å². The highest BCUT2D eigenvalue weighted by Gasteiger charge is 2.39. The van der Waals surface area contributed by atoms with E-state index in [0.29, 0.717) is 13.2 Å². The lowest BCUT2D eigenvalue weighted by Gasteiger charge is -2.45. The largest absolute Gasteiger partial charge is 0.444 e. The van der Waals surface area contributed by atoms with Gasteiger partial charge in [-0.25, -0.2) is 4.79 Å². The number of rotatable bonds is 2. The SMILES string of the molecule is CC(C)(C)OC(=O)N1C2C=C(CC3OCCO3)CC1CCC2. The summed E-state index contributed by atoms with van der Waals surface area (Å²) in [5.74, 6) is 0. The van der Waals surface area contributed by atoms with Gasteiger partial charge in [0.15, 0.2) is 6.29 Å². The van der Waals surface area contributed by atoms with E-state index >= 15 is 0 Å². The molecular weight excluding hydrogens is 282 g/mol. The smallest absolute Gasteiger partial charge is 0.411 e. The van der Waals surface area contributed by atoms with Crippen molar-refractivity contribution in [2.75, 3.05) is 13.2 Å². The number of piperidine rings is 1. The molecule has 0 spiro atoms. The third-order valence-corrected chi connectivity index (χ3v) is 4.44. The summed E-state index contributed by atoms with van der Waals surface area (Å²) in [5.41, 5.74) is 0.919. The first-order valence-electron chi connectivity index (χ1n) is 8.36. The summed E-state index contributed by atoms with van der Waals surface area (Å²) < 4.78 is 16.7. The molecule has 2 fully saturated rings. The minimum absolute atomic E-state index is 0.0972. The van der Waals surface area contributed by atoms with Crippen LogP contribution in [0.15, 0.2) is 11.6 Å². The molecule has 3 aliphatic rings. The van der Waals surface area contributed by atoms with Crippen molar-refractivity contribution in [1.29, 1.82) is 0 Å². The molecule has 22 heavy (non-hydrogen) atoms. The molecule has 0 radical (unpaired) electrons. The minimum atomic E-state index is -0.444. The number of hydrogen-bond acceptors (Lipinski definition) is 4. The number of carbonyl (C=O) groups excluding carboxylic acids is 1. The van der Waals surface area contributed by atoms with E-state index in [-0.39, 0.29) is 24.5 Å². The third-order valence-electron chi connectivity index (χ3n) is 4.44. The Morgan fingerprint density at radius 3 is 2.68 bits per heavy atom. The second-order valence-electron chi connectivity index (χ2n) is 7.44. The highest BCUT2D eigenvalue weighted by atomic mass is 16.7. The fourth-order valence-electron chi connectivity index (χ4n) is 3.61. The molecule has 2 saturated heterocycles. The molecule has 0 aromatic heterocycles. The zero-order valence-corrected chi connectivity index (χ0v) is 13.8. The Labute approximate surface area is 132 Å². The van der Waals surface area contributed by atoms with E-state index in [9.17, 15) is 4.79 Å². The number of hydrogen-bond donors (Lipinski definition) is 0. The number of carbonyl (C=O) groups is 1. The fraction of sp³-hybridized carbons (Fsp3) is 0.824. The van der Waals surface area contributed by atoms with Crippen molar-refractivity contribution >= 4 is 6.09 Å². The van der Waals surface area contributed by atoms with Gasteiger partial charge in [-0.3, -0.25) is 4.90 Å². The highest BCUT2D eigenvalue weighted by Crippen LogP contribution is 2.36. The van der Waals surface area contributed by atoms with Crippen LogP contribution in [-0.4, -0.2) is 48.2 Å². The van der Waals surface area contributed by atoms with Gasteiger partial charge in [-0.2, -0.15) is 0 Å². The van der Waals surface area contributed by atoms with Gasteiger partial charge >= 0.3 is 6.09 Å². The first-order valence-corrected chi connectivity index (χ1v) is 8.36. The molecule has 5 nitrogen and oxygen atoms in total. The quantitative estimate of drug-likeness (QED) is 0.735. The van der Waals surface area contributed by atoms with Crippen molar-refractivity contribution in [1.82, 2.24) is 4.90 Å². The molecule has 0 aromatic rings. The van der Waals surface area contributed by atoms with Crippen LogP contribution in [0.3, 0.4) is 0 Å². The minimum Gasteiger partial charge on any atom is -0.444 e. The normalized spacial score (nSPS) is 29.4. The van der Waals surface area contributed by atoms with E-state index in [1.807, 2.05) is 25.7 Å². The first-order chi connectivity index (χ1) is 10.4. The molecule has 124 valence electrons. The van der Waals surface area contributed by atoms with Crippen LogP contribution in [0.1, 0.15) is 52.9 Å². The zero-order chi connectivity index (χ0) is 15.7. The van der Waals surface area contributed by atoms with Gasteiger partial charge in [0.1, 0.15) is 5.60 Å². The van der Waals surface area contributed by atoms with Gasteiger partial charge in [-0.1, -0.05) is 11.6 Å². The summed E-state index contributed by atoms with van der Waals surface area (Å²) in [4.78, 5) is 14.5. The van der Waals surface area contributed by atoms with Crippen LogP contribution < -0.4 is 0 Å². The molecule has 3 heterocycles. The molecule has 0 aromatic carbocycles. The van der Waals surface area contributed by atoms with E-state index < -0.39 is 5.60 Å². The first kappa shape index (κ1) is 15.8. The molecule has 1 amide bonds. The van der Waals surface area contributed by atoms with Crippen molar-refractivity contribution in [3.63, 3.8) is 0 Å². The molecule has 3 rings (SSSR count). The van der Waals surface area contributed by atoms with Crippen LogP contribution in [0.5, 0.6) is 0 Å². The lowest BCUT2D eigenvalue weighted by atomic mass is 9.84. The number of amides is 1. The van der Waals surface area contributed by atoms with Gasteiger partial charge in [0.2, 0.25) is 0 Å². The van der Waals surface area contributed by atoms with E-state index in [2.05, 4.69) is 6.08 Å². The van der Waals surface area contributed by atoms with Crippen LogP contribution >= 0.6 is 0 Å². The van der Waals surface area contributed by atoms with Crippen LogP contribution in [0, 0.1) is 0 Å². The molecule has 5 heteroatoms. The number of ether oxygens (including phenoxy) is 3. The molecule has 0 aliphatic carbocycles. The second kappa shape index (κ2) is 6.20. The number of nitrogens with zero attached hydrogens (tertiary/aromatic N) is 1. The van der Waals surface area contributed by atoms with E-state index in [0.717, 1.165) is 25.7 Å². The van der Waals surface area contributed by atoms with Gasteiger partial charge in [-0.15, -0.1) is 0 Å². The van der Waals surface area contributed by atoms with E-state index in [1.165, 1.54) is 12.0 Å². The van der Waals surface area contributed by atoms with Crippen molar-refractivity contribution in [2.45, 2.75) is 76.9 Å². The lowest BCUT2D eigenvalue weighted by Crippen LogP contribution is -2.53. The Kier molecular flexibility index (Phi) is 4.46. The van der Waals surface area contributed by atoms with Crippen LogP contribution in [0.4, 0.5) is 4.79 Å². The van der Waals surface area contributed by atoms with Crippen LogP contribution in [0.25, 0.3) is 0 Å². The summed E-state index contributed by atoms with van der Waals surface area (Å²) in [7, 11) is 0. The van der Waals surface area contributed by atoms with Gasteiger partial charge in [0, 0.05) is 12.5 Å². The Balaban J connectivity index is 1.69. The maximum Gasteiger partial charge on any atom is 0.411 e. The monoisotopic (exact) mass is 309 g/mol. The Morgan fingerprint density at radius 2 is 2.05 bits per heavy atom. The summed E-state index contributed by atoms with van der Waals surface area (Å²) in [5, 5.41) is 0. The number of fused-ring (bicyclic) bond motifs is 2. The Morgan fingerprint density at radius 1 is 1.32 bits per heavy atom. The second-order valence-corrected chi connectivity index (χ2v) is 7.44. The summed E-state index contributed by atoms with van der Waals surface area (Å²) in [6.07, 6.45) is 6.96. The summed E-state index contributed by atoms with van der Waals surface area (Å²) in [6, 6.07) is 0.425. The molecule has 0 N–H and O–H groups in total. The molecule has 2 unspecified atom stereocenters. The molecule has 2 bridgehead atoms. The van der Waals surface area contributed by atoms with Crippen molar-refractivity contribution in [3.8, 4) is 0 Å². The topological polar surface area (TPSA) is 48.0 Å². The van der Waals surface area contributed by atoms with Gasteiger partial charge in [0.25, 0.3) is 0 Å². The highest BCUT2D eigenvalue weighted by molar-refractivity contribution is 5.70. The predicted molar refractivity (Wildman–Crippen MR) is 82.5 cm³/mol. The zero-order valence-electron chi connectivity index (χ0n) is 13.8. The Bertz CT molecular complexity index is 448. The molecule has 0 saturated carbocycles. The molecule has 2 atom stereocenters. The van der Waals surface area contributed by atoms with E-state index in [1.54, 1.807) is 0 Å². The average Bonchev–Trinajstić information content (AvgIpc) is 2.88. The molecular formula is C17H27NO4. The van der Waals surface area contributed by atoms with E-state index in [4.69, 9.17) is 14.2 Å². The average molecular weight is 309 g/mol. The lowest BCUT2D eigenvalue weighted by molar-refractivity contribution is -0.0425. The van der Waals surface area contributed by atoms with Crippen molar-refractivity contribution in [3.05, 3.63) is 11.6 Å². The third kappa shape index (κ3) is 3.63. The molecule has 3 aliphatic heterocycles. The fourth-order valence-corrected chi connectivity index (χ4v) is 3.61. The van der Waals surface area contributed by atoms with Crippen molar-refractivity contribution < 1.29 is 19.0 Å². The van der Waals surface area contributed by atoms with Crippen LogP contribution in [-0.2, 0) is 14.2 Å². The maximum absolute atomic E-state index is 12.5. The summed E-state index contributed by atoms with van der Waals surface area (Å²) in [6.45, 7) is 7.13. The summed E-state index contributed by atoms with van der Waals surface area (Å²) >= 11 is 0.